The van der Waals surface area contributed by atoms with Crippen LogP contribution >= 0.6 is 0 Å². The predicted molar refractivity (Wildman–Crippen MR) is 111 cm³/mol. The minimum atomic E-state index is -1.09. The quantitative estimate of drug-likeness (QED) is 0.711. The van der Waals surface area contributed by atoms with Gasteiger partial charge < -0.3 is 15.5 Å². The van der Waals surface area contributed by atoms with Crippen molar-refractivity contribution in [2.24, 2.45) is 5.92 Å². The summed E-state index contributed by atoms with van der Waals surface area (Å²) in [6, 6.07) is 5.11. The lowest BCUT2D eigenvalue weighted by atomic mass is 9.95. The fourth-order valence-electron chi connectivity index (χ4n) is 3.28. The molecule has 2 aromatic heterocycles. The molecule has 9 nitrogen and oxygen atoms in total. The Balaban J connectivity index is 1.73. The summed E-state index contributed by atoms with van der Waals surface area (Å²) in [6.45, 7) is 6.90. The Kier molecular flexibility index (Phi) is 6.19. The van der Waals surface area contributed by atoms with Gasteiger partial charge in [0, 0.05) is 38.6 Å². The number of aromatic nitrogens is 3. The lowest BCUT2D eigenvalue weighted by Gasteiger charge is -2.40. The van der Waals surface area contributed by atoms with Crippen LogP contribution in [-0.2, 0) is 17.9 Å². The Labute approximate surface area is 175 Å². The third-order valence-corrected chi connectivity index (χ3v) is 5.41. The van der Waals surface area contributed by atoms with E-state index >= 15 is 0 Å². The highest BCUT2D eigenvalue weighted by Gasteiger charge is 2.46. The number of carbonyl (C=O) groups is 3. The smallest absolute Gasteiger partial charge is 0.272 e. The summed E-state index contributed by atoms with van der Waals surface area (Å²) in [7, 11) is 1.60. The van der Waals surface area contributed by atoms with Crippen LogP contribution in [0.5, 0.6) is 0 Å². The van der Waals surface area contributed by atoms with Gasteiger partial charge in [-0.15, -0.1) is 0 Å². The summed E-state index contributed by atoms with van der Waals surface area (Å²) in [5.41, 5.74) is 0.198. The van der Waals surface area contributed by atoms with E-state index in [0.29, 0.717) is 19.0 Å². The maximum atomic E-state index is 12.9. The Hall–Kier alpha value is -3.23. The first-order valence-electron chi connectivity index (χ1n) is 10.0. The second kappa shape index (κ2) is 8.64. The molecule has 1 aliphatic rings. The molecule has 0 aliphatic carbocycles. The number of hydrogen-bond donors (Lipinski definition) is 2. The molecular weight excluding hydrogens is 384 g/mol. The zero-order valence-corrected chi connectivity index (χ0v) is 17.8. The number of amides is 3. The van der Waals surface area contributed by atoms with E-state index in [4.69, 9.17) is 0 Å². The van der Waals surface area contributed by atoms with Gasteiger partial charge in [-0.1, -0.05) is 19.9 Å². The van der Waals surface area contributed by atoms with E-state index in [-0.39, 0.29) is 35.7 Å². The van der Waals surface area contributed by atoms with Crippen molar-refractivity contribution in [3.8, 4) is 0 Å². The van der Waals surface area contributed by atoms with Crippen molar-refractivity contribution in [2.75, 3.05) is 13.6 Å². The Morgan fingerprint density at radius 2 is 2.07 bits per heavy atom. The Morgan fingerprint density at radius 1 is 1.30 bits per heavy atom. The molecule has 0 saturated heterocycles. The highest BCUT2D eigenvalue weighted by molar-refractivity contribution is 6.01. The van der Waals surface area contributed by atoms with E-state index in [9.17, 15) is 14.4 Å². The third-order valence-electron chi connectivity index (χ3n) is 5.41. The van der Waals surface area contributed by atoms with Gasteiger partial charge in [-0.05, 0) is 30.9 Å². The summed E-state index contributed by atoms with van der Waals surface area (Å²) >= 11 is 0. The summed E-state index contributed by atoms with van der Waals surface area (Å²) in [5, 5.41) is 9.98. The van der Waals surface area contributed by atoms with Crippen molar-refractivity contribution >= 4 is 17.7 Å². The molecule has 160 valence electrons. The minimum Gasteiger partial charge on any atom is -0.354 e. The molecule has 1 unspecified atom stereocenters. The normalized spacial score (nSPS) is 18.3. The van der Waals surface area contributed by atoms with Gasteiger partial charge in [0.2, 0.25) is 5.91 Å². The first-order valence-corrected chi connectivity index (χ1v) is 10.0. The number of likely N-dealkylation sites (N-methyl/N-ethyl adjacent to an activating group) is 1. The molecule has 30 heavy (non-hydrogen) atoms. The molecule has 9 heteroatoms. The van der Waals surface area contributed by atoms with Crippen LogP contribution in [-0.4, -0.2) is 56.5 Å². The van der Waals surface area contributed by atoms with Crippen LogP contribution in [0.4, 0.5) is 0 Å². The molecule has 0 saturated carbocycles. The average molecular weight is 412 g/mol. The zero-order chi connectivity index (χ0) is 21.9. The van der Waals surface area contributed by atoms with Gasteiger partial charge >= 0.3 is 0 Å². The van der Waals surface area contributed by atoms with Gasteiger partial charge in [-0.3, -0.25) is 24.0 Å². The van der Waals surface area contributed by atoms with Crippen LogP contribution < -0.4 is 10.6 Å². The van der Waals surface area contributed by atoms with E-state index in [2.05, 4.69) is 34.6 Å². The van der Waals surface area contributed by atoms with Crippen LogP contribution in [0.25, 0.3) is 0 Å². The van der Waals surface area contributed by atoms with Crippen LogP contribution in [0.2, 0.25) is 0 Å². The standard InChI is InChI=1S/C21H28N6O3/c1-14(2)7-9-23-20(30)21(3)13-27-17(19(29)26(21)4)10-16(25-27)18(28)24-12-15-6-5-8-22-11-15/h5-6,8,10-11,14H,7,9,12-13H2,1-4H3,(H,23,30)(H,24,28). The van der Waals surface area contributed by atoms with Gasteiger partial charge in [-0.2, -0.15) is 5.10 Å². The molecule has 1 atom stereocenters. The van der Waals surface area contributed by atoms with Gasteiger partial charge in [-0.25, -0.2) is 0 Å². The van der Waals surface area contributed by atoms with Gasteiger partial charge in [0.05, 0.1) is 6.54 Å². The van der Waals surface area contributed by atoms with E-state index < -0.39 is 5.54 Å². The van der Waals surface area contributed by atoms with Gasteiger partial charge in [0.1, 0.15) is 11.2 Å². The number of nitrogens with one attached hydrogen (secondary N) is 2. The lowest BCUT2D eigenvalue weighted by Crippen LogP contribution is -2.62. The molecule has 0 radical (unpaired) electrons. The van der Waals surface area contributed by atoms with Gasteiger partial charge in [0.15, 0.2) is 5.69 Å². The first kappa shape index (κ1) is 21.5. The van der Waals surface area contributed by atoms with E-state index in [1.807, 2.05) is 6.07 Å². The zero-order valence-electron chi connectivity index (χ0n) is 17.8. The summed E-state index contributed by atoms with van der Waals surface area (Å²) in [4.78, 5) is 43.7. The van der Waals surface area contributed by atoms with Gasteiger partial charge in [0.25, 0.3) is 11.8 Å². The monoisotopic (exact) mass is 412 g/mol. The van der Waals surface area contributed by atoms with Crippen molar-refractivity contribution in [2.45, 2.75) is 45.8 Å². The summed E-state index contributed by atoms with van der Waals surface area (Å²) in [5.74, 6) is -0.502. The highest BCUT2D eigenvalue weighted by Crippen LogP contribution is 2.26. The molecule has 0 fully saturated rings. The van der Waals surface area contributed by atoms with E-state index in [1.165, 1.54) is 15.6 Å². The SMILES string of the molecule is CC(C)CCNC(=O)C1(C)Cn2nc(C(=O)NCc3cccnc3)cc2C(=O)N1C. The minimum absolute atomic E-state index is 0.139. The molecule has 0 aromatic carbocycles. The Bertz CT molecular complexity index is 939. The first-order chi connectivity index (χ1) is 14.2. The van der Waals surface area contributed by atoms with Crippen molar-refractivity contribution < 1.29 is 14.4 Å². The maximum Gasteiger partial charge on any atom is 0.272 e. The summed E-state index contributed by atoms with van der Waals surface area (Å²) in [6.07, 6.45) is 4.18. The third kappa shape index (κ3) is 4.34. The highest BCUT2D eigenvalue weighted by atomic mass is 16.2. The molecule has 2 N–H and O–H groups in total. The molecular formula is C21H28N6O3. The second-order valence-corrected chi connectivity index (χ2v) is 8.19. The molecule has 1 aliphatic heterocycles. The number of pyridine rings is 1. The fraction of sp³-hybridized carbons (Fsp3) is 0.476. The Morgan fingerprint density at radius 3 is 2.73 bits per heavy atom. The van der Waals surface area contributed by atoms with Crippen molar-refractivity contribution in [3.63, 3.8) is 0 Å². The van der Waals surface area contributed by atoms with Crippen molar-refractivity contribution in [1.29, 1.82) is 0 Å². The van der Waals surface area contributed by atoms with Crippen LogP contribution in [0, 0.1) is 5.92 Å². The molecule has 3 amide bonds. The number of carbonyl (C=O) groups excluding carboxylic acids is 3. The van der Waals surface area contributed by atoms with E-state index in [1.54, 1.807) is 32.4 Å². The largest absolute Gasteiger partial charge is 0.354 e. The topological polar surface area (TPSA) is 109 Å². The molecule has 0 bridgehead atoms. The fourth-order valence-corrected chi connectivity index (χ4v) is 3.28. The van der Waals surface area contributed by atoms with E-state index in [0.717, 1.165) is 12.0 Å². The van der Waals surface area contributed by atoms with Crippen LogP contribution in [0.3, 0.4) is 0 Å². The average Bonchev–Trinajstić information content (AvgIpc) is 3.14. The summed E-state index contributed by atoms with van der Waals surface area (Å²) < 4.78 is 1.45. The molecule has 2 aromatic rings. The number of nitrogens with zero attached hydrogens (tertiary/aromatic N) is 4. The van der Waals surface area contributed by atoms with Crippen molar-refractivity contribution in [3.05, 3.63) is 47.5 Å². The van der Waals surface area contributed by atoms with Crippen molar-refractivity contribution in [1.82, 2.24) is 30.3 Å². The second-order valence-electron chi connectivity index (χ2n) is 8.19. The molecule has 3 rings (SSSR count). The predicted octanol–water partition coefficient (Wildman–Crippen LogP) is 1.21. The van der Waals surface area contributed by atoms with Crippen LogP contribution in [0.1, 0.15) is 53.7 Å². The lowest BCUT2D eigenvalue weighted by molar-refractivity contribution is -0.132. The van der Waals surface area contributed by atoms with Crippen LogP contribution in [0.15, 0.2) is 30.6 Å². The molecule has 3 heterocycles. The number of hydrogen-bond acceptors (Lipinski definition) is 5. The maximum absolute atomic E-state index is 12.9. The number of fused-ring (bicyclic) bond motifs is 1. The molecule has 0 spiro atoms. The number of rotatable bonds is 7.